The number of nitrogens with one attached hydrogen (secondary N) is 1. The van der Waals surface area contributed by atoms with Crippen LogP contribution >= 0.6 is 15.9 Å². The van der Waals surface area contributed by atoms with E-state index in [1.165, 1.54) is 13.8 Å². The number of rotatable bonds is 7. The number of hydrogen-bond acceptors (Lipinski definition) is 6. The number of benzene rings is 2. The molecule has 7 nitrogen and oxygen atoms in total. The van der Waals surface area contributed by atoms with Crippen molar-refractivity contribution in [2.45, 2.75) is 32.5 Å². The van der Waals surface area contributed by atoms with Crippen LogP contribution in [0.25, 0.3) is 10.9 Å². The van der Waals surface area contributed by atoms with Crippen molar-refractivity contribution >= 4 is 38.8 Å². The predicted octanol–water partition coefficient (Wildman–Crippen LogP) is 4.93. The van der Waals surface area contributed by atoms with Crippen LogP contribution in [0.1, 0.15) is 37.8 Å². The third-order valence-electron chi connectivity index (χ3n) is 5.48. The average molecular weight is 526 g/mol. The number of halogens is 1. The summed E-state index contributed by atoms with van der Waals surface area (Å²) >= 11 is 3.54. The molecule has 1 saturated heterocycles. The molecule has 2 heterocycles. The molecule has 1 aromatic heterocycles. The van der Waals surface area contributed by atoms with Gasteiger partial charge in [-0.2, -0.15) is 0 Å². The number of hydrogen-bond donors (Lipinski definition) is 1. The lowest BCUT2D eigenvalue weighted by Gasteiger charge is -2.36. The number of aromatic nitrogens is 1. The lowest BCUT2D eigenvalue weighted by molar-refractivity contribution is -0.240. The summed E-state index contributed by atoms with van der Waals surface area (Å²) in [7, 11) is 0. The molecule has 1 aliphatic heterocycles. The minimum Gasteiger partial charge on any atom is -0.490 e. The van der Waals surface area contributed by atoms with Gasteiger partial charge in [0.25, 0.3) is 5.79 Å². The minimum absolute atomic E-state index is 0.0558. The highest BCUT2D eigenvalue weighted by atomic mass is 79.9. The lowest BCUT2D eigenvalue weighted by Crippen LogP contribution is -2.48. The molecule has 1 fully saturated rings. The van der Waals surface area contributed by atoms with Gasteiger partial charge in [0, 0.05) is 36.9 Å². The number of fused-ring (bicyclic) bond motifs is 1. The molecule has 0 amide bonds. The van der Waals surface area contributed by atoms with E-state index in [-0.39, 0.29) is 6.61 Å². The number of para-hydroxylation sites is 1. The van der Waals surface area contributed by atoms with E-state index in [2.05, 4.69) is 26.8 Å². The first kappa shape index (κ1) is 23.7. The van der Waals surface area contributed by atoms with Crippen LogP contribution in [0.4, 0.5) is 0 Å². The fraction of sp³-hybridized carbons (Fsp3) is 0.308. The molecule has 0 saturated carbocycles. The highest BCUT2D eigenvalue weighted by Crippen LogP contribution is 2.45. The SMILES string of the molecule is C#CCOc1c(Br)cc([C@H](c2c[nH]c3ccccc23)C2C(=O)OC(C)(C)OC2=O)cc1OCC. The summed E-state index contributed by atoms with van der Waals surface area (Å²) in [6.07, 6.45) is 7.16. The molecule has 8 heteroatoms. The monoisotopic (exact) mass is 525 g/mol. The number of terminal acetylenes is 1. The molecule has 1 atom stereocenters. The van der Waals surface area contributed by atoms with Crippen LogP contribution in [0.5, 0.6) is 11.5 Å². The van der Waals surface area contributed by atoms with Crippen LogP contribution in [0.2, 0.25) is 0 Å². The summed E-state index contributed by atoms with van der Waals surface area (Å²) in [5, 5.41) is 0.875. The molecule has 0 spiro atoms. The first-order valence-corrected chi connectivity index (χ1v) is 11.6. The molecule has 0 bridgehead atoms. The van der Waals surface area contributed by atoms with Gasteiger partial charge >= 0.3 is 11.9 Å². The summed E-state index contributed by atoms with van der Waals surface area (Å²) in [4.78, 5) is 29.5. The standard InChI is InChI=1S/C26H24BrNO6/c1-5-11-32-23-18(27)12-15(13-20(23)31-6-2)21(17-14-28-19-10-8-7-9-16(17)19)22-24(29)33-26(3,4)34-25(22)30/h1,7-10,12-14,21-22,28H,6,11H2,2-4H3/t21-/m1/s1. The normalized spacial score (nSPS) is 16.4. The smallest absolute Gasteiger partial charge is 0.324 e. The first-order chi connectivity index (χ1) is 16.3. The zero-order valence-electron chi connectivity index (χ0n) is 19.0. The summed E-state index contributed by atoms with van der Waals surface area (Å²) in [6, 6.07) is 11.2. The Morgan fingerprint density at radius 2 is 1.88 bits per heavy atom. The maximum Gasteiger partial charge on any atom is 0.324 e. The van der Waals surface area contributed by atoms with Crippen molar-refractivity contribution in [3.05, 3.63) is 58.2 Å². The van der Waals surface area contributed by atoms with Crippen molar-refractivity contribution in [2.24, 2.45) is 5.92 Å². The van der Waals surface area contributed by atoms with Gasteiger partial charge in [0.15, 0.2) is 17.4 Å². The van der Waals surface area contributed by atoms with Gasteiger partial charge in [-0.25, -0.2) is 0 Å². The van der Waals surface area contributed by atoms with Gasteiger partial charge in [0.05, 0.1) is 11.1 Å². The Morgan fingerprint density at radius 1 is 1.18 bits per heavy atom. The summed E-state index contributed by atoms with van der Waals surface area (Å²) in [6.45, 7) is 5.34. The molecule has 0 aliphatic carbocycles. The van der Waals surface area contributed by atoms with E-state index in [0.717, 1.165) is 16.5 Å². The second kappa shape index (κ2) is 9.43. The van der Waals surface area contributed by atoms with Crippen LogP contribution in [-0.4, -0.2) is 35.9 Å². The molecule has 2 aromatic carbocycles. The van der Waals surface area contributed by atoms with Gasteiger partial charge in [-0.15, -0.1) is 6.42 Å². The van der Waals surface area contributed by atoms with Gasteiger partial charge in [-0.3, -0.25) is 9.59 Å². The molecule has 1 N–H and O–H groups in total. The number of ether oxygens (including phenoxy) is 4. The van der Waals surface area contributed by atoms with Crippen LogP contribution in [0.15, 0.2) is 47.1 Å². The topological polar surface area (TPSA) is 86.9 Å². The first-order valence-electron chi connectivity index (χ1n) is 10.8. The summed E-state index contributed by atoms with van der Waals surface area (Å²) < 4.78 is 23.0. The molecular weight excluding hydrogens is 502 g/mol. The molecule has 0 radical (unpaired) electrons. The van der Waals surface area contributed by atoms with Crippen molar-refractivity contribution < 1.29 is 28.5 Å². The van der Waals surface area contributed by atoms with Gasteiger partial charge in [-0.1, -0.05) is 24.1 Å². The number of aromatic amines is 1. The number of H-pyrrole nitrogens is 1. The van der Waals surface area contributed by atoms with E-state index < -0.39 is 29.6 Å². The minimum atomic E-state index is -1.33. The predicted molar refractivity (Wildman–Crippen MR) is 130 cm³/mol. The van der Waals surface area contributed by atoms with E-state index in [1.807, 2.05) is 31.2 Å². The van der Waals surface area contributed by atoms with E-state index >= 15 is 0 Å². The van der Waals surface area contributed by atoms with Crippen LogP contribution in [0, 0.1) is 18.3 Å². The number of carbonyl (C=O) groups is 2. The Balaban J connectivity index is 1.91. The van der Waals surface area contributed by atoms with E-state index in [0.29, 0.717) is 28.1 Å². The number of carbonyl (C=O) groups excluding carboxylic acids is 2. The van der Waals surface area contributed by atoms with Crippen molar-refractivity contribution in [3.63, 3.8) is 0 Å². The quantitative estimate of drug-likeness (QED) is 0.267. The van der Waals surface area contributed by atoms with Crippen LogP contribution < -0.4 is 9.47 Å². The lowest BCUT2D eigenvalue weighted by atomic mass is 9.80. The fourth-order valence-electron chi connectivity index (χ4n) is 4.19. The van der Waals surface area contributed by atoms with Gasteiger partial charge in [0.1, 0.15) is 6.61 Å². The zero-order chi connectivity index (χ0) is 24.5. The van der Waals surface area contributed by atoms with E-state index in [1.54, 1.807) is 18.3 Å². The average Bonchev–Trinajstić information content (AvgIpc) is 3.19. The third kappa shape index (κ3) is 4.48. The Kier molecular flexibility index (Phi) is 6.58. The molecule has 34 heavy (non-hydrogen) atoms. The molecule has 176 valence electrons. The van der Waals surface area contributed by atoms with Crippen molar-refractivity contribution in [2.75, 3.05) is 13.2 Å². The van der Waals surface area contributed by atoms with Crippen molar-refractivity contribution in [1.29, 1.82) is 0 Å². The maximum atomic E-state index is 13.1. The molecule has 3 aromatic rings. The highest BCUT2D eigenvalue weighted by molar-refractivity contribution is 9.10. The maximum absolute atomic E-state index is 13.1. The largest absolute Gasteiger partial charge is 0.490 e. The second-order valence-corrected chi connectivity index (χ2v) is 9.10. The Labute approximate surface area is 205 Å². The highest BCUT2D eigenvalue weighted by Gasteiger charge is 2.49. The number of cyclic esters (lactones) is 2. The zero-order valence-corrected chi connectivity index (χ0v) is 20.6. The second-order valence-electron chi connectivity index (χ2n) is 8.24. The Morgan fingerprint density at radius 3 is 2.56 bits per heavy atom. The fourth-order valence-corrected chi connectivity index (χ4v) is 4.76. The van der Waals surface area contributed by atoms with E-state index in [4.69, 9.17) is 25.4 Å². The van der Waals surface area contributed by atoms with Gasteiger partial charge in [-0.05, 0) is 52.2 Å². The van der Waals surface area contributed by atoms with E-state index in [9.17, 15) is 9.59 Å². The van der Waals surface area contributed by atoms with Crippen LogP contribution in [-0.2, 0) is 19.1 Å². The Bertz CT molecular complexity index is 1270. The molecule has 1 aliphatic rings. The molecule has 0 unspecified atom stereocenters. The van der Waals surface area contributed by atoms with Gasteiger partial charge in [0.2, 0.25) is 0 Å². The Hall–Kier alpha value is -3.44. The third-order valence-corrected chi connectivity index (χ3v) is 6.07. The van der Waals surface area contributed by atoms with Crippen molar-refractivity contribution in [3.8, 4) is 23.8 Å². The van der Waals surface area contributed by atoms with Crippen molar-refractivity contribution in [1.82, 2.24) is 4.98 Å². The van der Waals surface area contributed by atoms with Gasteiger partial charge < -0.3 is 23.9 Å². The molecular formula is C26H24BrNO6. The summed E-state index contributed by atoms with van der Waals surface area (Å²) in [5.74, 6) is -1.26. The number of esters is 2. The summed E-state index contributed by atoms with van der Waals surface area (Å²) in [5.41, 5.74) is 2.27. The molecule has 4 rings (SSSR count). The van der Waals surface area contributed by atoms with Crippen LogP contribution in [0.3, 0.4) is 0 Å².